The molecule has 1 spiro atoms. The van der Waals surface area contributed by atoms with E-state index in [4.69, 9.17) is 0 Å². The number of likely N-dealkylation sites (tertiary alicyclic amines) is 1. The van der Waals surface area contributed by atoms with Crippen molar-refractivity contribution in [2.24, 2.45) is 5.92 Å². The Labute approximate surface area is 251 Å². The Morgan fingerprint density at radius 2 is 1.54 bits per heavy atom. The number of nitrogens with one attached hydrogen (secondary N) is 1. The van der Waals surface area contributed by atoms with Crippen molar-refractivity contribution >= 4 is 50.0 Å². The first-order valence-corrected chi connectivity index (χ1v) is 18.2. The third-order valence-electron chi connectivity index (χ3n) is 8.68. The summed E-state index contributed by atoms with van der Waals surface area (Å²) < 4.78 is 48.7. The van der Waals surface area contributed by atoms with Crippen molar-refractivity contribution < 1.29 is 26.4 Å². The maximum atomic E-state index is 13.7. The monoisotopic (exact) mass is 632 g/mol. The minimum atomic E-state index is -4.00. The molecule has 1 atom stereocenters. The minimum Gasteiger partial charge on any atom is -0.342 e. The third-order valence-corrected chi connectivity index (χ3v) is 11.9. The van der Waals surface area contributed by atoms with Crippen LogP contribution in [0.3, 0.4) is 0 Å². The lowest BCUT2D eigenvalue weighted by Crippen LogP contribution is -2.73. The first-order valence-electron chi connectivity index (χ1n) is 14.5. The van der Waals surface area contributed by atoms with Crippen molar-refractivity contribution in [2.45, 2.75) is 89.3 Å². The van der Waals surface area contributed by atoms with E-state index in [0.29, 0.717) is 48.6 Å². The average Bonchev–Trinajstić information content (AvgIpc) is 2.88. The predicted molar refractivity (Wildman–Crippen MR) is 163 cm³/mol. The fraction of sp³-hybridized carbons (Fsp3) is 0.714. The molecule has 13 heteroatoms. The van der Waals surface area contributed by atoms with E-state index in [1.54, 1.807) is 12.1 Å². The molecule has 3 fully saturated rings. The van der Waals surface area contributed by atoms with Gasteiger partial charge in [0.25, 0.3) is 0 Å². The number of piperidine rings is 1. The number of carbonyl (C=O) groups excluding carboxylic acids is 2. The zero-order valence-corrected chi connectivity index (χ0v) is 26.8. The molecule has 0 aromatic heterocycles. The van der Waals surface area contributed by atoms with Gasteiger partial charge in [-0.3, -0.25) is 14.5 Å². The number of piperazine rings is 1. The Morgan fingerprint density at radius 1 is 0.951 bits per heavy atom. The van der Waals surface area contributed by atoms with E-state index in [9.17, 15) is 26.4 Å². The summed E-state index contributed by atoms with van der Waals surface area (Å²) in [6.45, 7) is 4.54. The topological polar surface area (TPSA) is 124 Å². The third kappa shape index (κ3) is 7.74. The van der Waals surface area contributed by atoms with E-state index < -0.39 is 31.6 Å². The highest BCUT2D eigenvalue weighted by molar-refractivity contribution is 8.09. The quantitative estimate of drug-likeness (QED) is 0.420. The van der Waals surface area contributed by atoms with E-state index in [0.717, 1.165) is 50.2 Å². The normalized spacial score (nSPS) is 22.3. The summed E-state index contributed by atoms with van der Waals surface area (Å²) in [5.41, 5.74) is 0.153. The molecule has 1 aromatic rings. The van der Waals surface area contributed by atoms with Crippen molar-refractivity contribution in [3.05, 3.63) is 29.8 Å². The molecule has 1 aromatic carbocycles. The predicted octanol–water partition coefficient (Wildman–Crippen LogP) is 3.27. The van der Waals surface area contributed by atoms with Crippen LogP contribution in [0.1, 0.15) is 76.7 Å². The van der Waals surface area contributed by atoms with Gasteiger partial charge in [-0.25, -0.2) is 16.8 Å². The van der Waals surface area contributed by atoms with E-state index in [-0.39, 0.29) is 29.9 Å². The number of benzene rings is 1. The van der Waals surface area contributed by atoms with E-state index in [2.05, 4.69) is 17.1 Å². The summed E-state index contributed by atoms with van der Waals surface area (Å²) in [5.74, 6) is 0.555. The SMILES string of the molecule is CCCCN1C(=O)[C@H](CC2CCCCC2)NC(=O)C12CCN(Cc1ccc(N(S(C)(=O)=O)S(C)(=O)=O)cc1)CC2.Cl. The number of amides is 2. The van der Waals surface area contributed by atoms with Crippen LogP contribution < -0.4 is 9.03 Å². The van der Waals surface area contributed by atoms with Crippen molar-refractivity contribution in [1.82, 2.24) is 15.1 Å². The summed E-state index contributed by atoms with van der Waals surface area (Å²) in [7, 11) is -8.00. The number of hydrogen-bond acceptors (Lipinski definition) is 7. The molecule has 1 aliphatic carbocycles. The van der Waals surface area contributed by atoms with E-state index in [1.165, 1.54) is 31.4 Å². The highest BCUT2D eigenvalue weighted by Gasteiger charge is 2.53. The first kappa shape index (κ1) is 33.6. The molecular formula is C28H45ClN4O6S2. The number of sulfonamides is 2. The summed E-state index contributed by atoms with van der Waals surface area (Å²) in [6.07, 6.45) is 11.3. The van der Waals surface area contributed by atoms with E-state index in [1.807, 2.05) is 4.90 Å². The molecule has 232 valence electrons. The van der Waals surface area contributed by atoms with Crippen LogP contribution in [0.15, 0.2) is 24.3 Å². The summed E-state index contributed by atoms with van der Waals surface area (Å²) in [5, 5.41) is 3.13. The minimum absolute atomic E-state index is 0. The van der Waals surface area contributed by atoms with Gasteiger partial charge in [0.1, 0.15) is 11.6 Å². The van der Waals surface area contributed by atoms with Crippen LogP contribution in [0, 0.1) is 5.92 Å². The second-order valence-corrected chi connectivity index (χ2v) is 15.7. The largest absolute Gasteiger partial charge is 0.342 e. The van der Waals surface area contributed by atoms with Gasteiger partial charge in [0, 0.05) is 26.2 Å². The number of halogens is 1. The number of unbranched alkanes of at least 4 members (excludes halogenated alkanes) is 1. The molecule has 41 heavy (non-hydrogen) atoms. The lowest BCUT2D eigenvalue weighted by Gasteiger charge is -2.52. The zero-order valence-electron chi connectivity index (χ0n) is 24.4. The fourth-order valence-corrected chi connectivity index (χ4v) is 9.60. The summed E-state index contributed by atoms with van der Waals surface area (Å²) in [6, 6.07) is 6.02. The number of anilines is 1. The Morgan fingerprint density at radius 3 is 2.07 bits per heavy atom. The molecule has 2 amide bonds. The zero-order chi connectivity index (χ0) is 29.1. The van der Waals surface area contributed by atoms with Crippen molar-refractivity contribution in [3.8, 4) is 0 Å². The van der Waals surface area contributed by atoms with Crippen LogP contribution in [-0.2, 0) is 36.2 Å². The van der Waals surface area contributed by atoms with E-state index >= 15 is 0 Å². The van der Waals surface area contributed by atoms with Gasteiger partial charge in [-0.1, -0.05) is 57.6 Å². The number of nitrogens with zero attached hydrogens (tertiary/aromatic N) is 3. The fourth-order valence-electron chi connectivity index (χ4n) is 6.62. The highest BCUT2D eigenvalue weighted by Crippen LogP contribution is 2.36. The molecule has 1 saturated carbocycles. The van der Waals surface area contributed by atoms with Gasteiger partial charge >= 0.3 is 0 Å². The molecule has 2 heterocycles. The van der Waals surface area contributed by atoms with Crippen molar-refractivity contribution in [1.29, 1.82) is 0 Å². The standard InChI is InChI=1S/C28H44N4O6S2.ClH/c1-4-5-17-31-26(33)25(20-22-9-7-6-8-10-22)29-27(34)28(31)15-18-30(19-16-28)21-23-11-13-24(14-12-23)32(39(2,35)36)40(3,37)38;/h11-14,22,25H,4-10,15-21H2,1-3H3,(H,29,34);1H/t25-;/m0./s1. The second-order valence-electron chi connectivity index (χ2n) is 11.8. The van der Waals surface area contributed by atoms with Crippen LogP contribution in [0.2, 0.25) is 0 Å². The molecule has 0 bridgehead atoms. The molecule has 1 N–H and O–H groups in total. The van der Waals surface area contributed by atoms with Crippen LogP contribution in [0.5, 0.6) is 0 Å². The Kier molecular flexibility index (Phi) is 11.2. The van der Waals surface area contributed by atoms with Gasteiger partial charge in [-0.2, -0.15) is 3.71 Å². The van der Waals surface area contributed by atoms with Gasteiger partial charge in [0.15, 0.2) is 0 Å². The van der Waals surface area contributed by atoms with Gasteiger partial charge in [-0.05, 0) is 49.3 Å². The van der Waals surface area contributed by atoms with Gasteiger partial charge in [-0.15, -0.1) is 12.4 Å². The van der Waals surface area contributed by atoms with Gasteiger partial charge in [0.05, 0.1) is 18.2 Å². The maximum absolute atomic E-state index is 13.7. The van der Waals surface area contributed by atoms with Crippen LogP contribution in [0.4, 0.5) is 5.69 Å². The van der Waals surface area contributed by atoms with Crippen molar-refractivity contribution in [2.75, 3.05) is 35.9 Å². The Hall–Kier alpha value is -1.89. The number of rotatable bonds is 10. The molecule has 2 saturated heterocycles. The molecule has 0 unspecified atom stereocenters. The van der Waals surface area contributed by atoms with Crippen LogP contribution in [0.25, 0.3) is 0 Å². The maximum Gasteiger partial charge on any atom is 0.246 e. The number of hydrogen-bond donors (Lipinski definition) is 1. The smallest absolute Gasteiger partial charge is 0.246 e. The van der Waals surface area contributed by atoms with Gasteiger partial charge in [0.2, 0.25) is 31.9 Å². The van der Waals surface area contributed by atoms with Crippen LogP contribution in [-0.4, -0.2) is 82.2 Å². The number of carbonyl (C=O) groups is 2. The average molecular weight is 633 g/mol. The Bertz CT molecular complexity index is 1240. The molecule has 10 nitrogen and oxygen atoms in total. The molecule has 3 aliphatic rings. The van der Waals surface area contributed by atoms with Crippen LogP contribution >= 0.6 is 12.4 Å². The molecule has 4 rings (SSSR count). The molecule has 2 aliphatic heterocycles. The molecular weight excluding hydrogens is 588 g/mol. The highest BCUT2D eigenvalue weighted by atomic mass is 35.5. The first-order chi connectivity index (χ1) is 18.8. The molecule has 0 radical (unpaired) electrons. The lowest BCUT2D eigenvalue weighted by atomic mass is 9.79. The Balaban J connectivity index is 0.00000462. The summed E-state index contributed by atoms with van der Waals surface area (Å²) in [4.78, 5) is 31.5. The van der Waals surface area contributed by atoms with Crippen molar-refractivity contribution in [3.63, 3.8) is 0 Å². The van der Waals surface area contributed by atoms with Gasteiger partial charge < -0.3 is 10.2 Å². The second kappa shape index (κ2) is 13.6. The lowest BCUT2D eigenvalue weighted by molar-refractivity contribution is -0.162. The summed E-state index contributed by atoms with van der Waals surface area (Å²) >= 11 is 0.